The number of rotatable bonds is 13. The molecule has 2 heterocycles. The number of hydrogen-bond donors (Lipinski definition) is 0. The van der Waals surface area contributed by atoms with E-state index in [1.54, 1.807) is 95.5 Å². The summed E-state index contributed by atoms with van der Waals surface area (Å²) in [5.41, 5.74) is 7.33. The summed E-state index contributed by atoms with van der Waals surface area (Å²) in [7, 11) is 0. The van der Waals surface area contributed by atoms with Gasteiger partial charge in [0.05, 0.1) is 13.1 Å². The third-order valence-electron chi connectivity index (χ3n) is 17.6. The number of likely N-dealkylation sites (tertiary alicyclic amines) is 2. The van der Waals surface area contributed by atoms with Crippen LogP contribution in [0.2, 0.25) is 0 Å². The maximum absolute atomic E-state index is 13.6. The molecule has 0 N–H and O–H groups in total. The summed E-state index contributed by atoms with van der Waals surface area (Å²) in [6.07, 6.45) is 15.8. The third-order valence-corrected chi connectivity index (χ3v) is 17.6. The summed E-state index contributed by atoms with van der Waals surface area (Å²) < 4.78 is 0. The van der Waals surface area contributed by atoms with Gasteiger partial charge >= 0.3 is 52.4 Å². The number of aliphatic imine (C=N–C) groups is 2. The molecule has 610 valence electrons. The summed E-state index contributed by atoms with van der Waals surface area (Å²) in [4.78, 5) is 14.6. The standard InChI is InChI=1S/2C36H56N2O2.C6H14.4C4H9O.2Zr/c2*1-33(2,3)26-17-24(31(39)29(19-26)35(7,8)9)21-37-22-28-15-13-14-16-38(28)23-25-18-27(34(4,5)6)20-30(32(25)40)36(10,11)12;1-3-5-6-4-2;4*1-4(2,3)5;;/h2*17-21,28,39-40H,13-16,22-23H2,1-12H3;3-6H2,1-2H3;4*1-3H3;;/q;;;4*-1;2*+4/p-4/t2*28-;;;;;;;/m10......./s1. The van der Waals surface area contributed by atoms with Gasteiger partial charge in [0.25, 0.3) is 0 Å². The van der Waals surface area contributed by atoms with E-state index >= 15 is 0 Å². The first kappa shape index (κ1) is 109. The van der Waals surface area contributed by atoms with Gasteiger partial charge in [-0.2, -0.15) is 0 Å². The molecule has 0 spiro atoms. The molecule has 2 aliphatic rings. The molecule has 4 aromatic rings. The molecule has 0 radical (unpaired) electrons. The summed E-state index contributed by atoms with van der Waals surface area (Å²) >= 11 is 0. The van der Waals surface area contributed by atoms with Crippen LogP contribution in [0.5, 0.6) is 23.0 Å². The SMILES string of the molecule is CC(C)(C)[O-].CC(C)(C)[O-].CC(C)(C)[O-].CC(C)(C)[O-].CC(C)(C)c1cc(C=NC[C@@H]2CCCCN2Cc2cc(C(C)(C)C)cc(C(C)(C)C)c2[O-])c([O-])c(C(C)(C)C)c1.CC(C)(C)c1cc(C=NC[C@H]2CCCCN2Cc2cc(C(C)(C)C)cc(C(C)(C)C)c2[O-])c([O-])c(C(C)(C)C)c1.CCCCCC.[Zr+4].[Zr+4]. The fourth-order valence-corrected chi connectivity index (χ4v) is 11.5. The van der Waals surface area contributed by atoms with Crippen molar-refractivity contribution in [2.45, 2.75) is 418 Å². The Morgan fingerprint density at radius 1 is 0.324 bits per heavy atom. The number of piperidine rings is 2. The molecule has 0 aromatic heterocycles. The molecule has 0 bridgehead atoms. The first-order chi connectivity index (χ1) is 47.3. The molecule has 0 aliphatic carbocycles. The second-order valence-electron chi connectivity index (χ2n) is 42.3. The van der Waals surface area contributed by atoms with E-state index in [0.29, 0.717) is 37.3 Å². The molecule has 2 aliphatic heterocycles. The van der Waals surface area contributed by atoms with Gasteiger partial charge in [-0.15, -0.1) is 33.9 Å². The van der Waals surface area contributed by atoms with Gasteiger partial charge < -0.3 is 40.9 Å². The molecule has 0 saturated carbocycles. The van der Waals surface area contributed by atoms with Crippen molar-refractivity contribution in [3.8, 4) is 23.0 Å². The van der Waals surface area contributed by atoms with Crippen LogP contribution in [0.15, 0.2) is 58.5 Å². The van der Waals surface area contributed by atoms with E-state index < -0.39 is 22.4 Å². The molecule has 0 amide bonds. The molecule has 14 heteroatoms. The van der Waals surface area contributed by atoms with E-state index in [2.05, 4.69) is 226 Å². The molecular formula is C94H158N4O8Zr2. The van der Waals surface area contributed by atoms with E-state index in [1.165, 1.54) is 36.8 Å². The molecule has 2 fully saturated rings. The number of unbranched alkanes of at least 4 members (excludes halogenated alkanes) is 3. The fourth-order valence-electron chi connectivity index (χ4n) is 11.5. The Morgan fingerprint density at radius 2 is 0.537 bits per heavy atom. The van der Waals surface area contributed by atoms with E-state index in [9.17, 15) is 40.9 Å². The molecule has 2 atom stereocenters. The molecule has 4 aromatic carbocycles. The molecule has 6 rings (SSSR count). The number of hydrogen-bond acceptors (Lipinski definition) is 12. The maximum Gasteiger partial charge on any atom is 4.00 e. The van der Waals surface area contributed by atoms with Gasteiger partial charge in [0.15, 0.2) is 0 Å². The summed E-state index contributed by atoms with van der Waals surface area (Å²) in [6, 6.07) is 17.3. The largest absolute Gasteiger partial charge is 4.00 e. The summed E-state index contributed by atoms with van der Waals surface area (Å²) in [5.74, 6) is 0.514. The maximum atomic E-state index is 13.6. The second kappa shape index (κ2) is 44.7. The van der Waals surface area contributed by atoms with Crippen LogP contribution in [0, 0.1) is 0 Å². The van der Waals surface area contributed by atoms with Crippen LogP contribution in [0.25, 0.3) is 0 Å². The smallest absolute Gasteiger partial charge is 0.872 e. The quantitative estimate of drug-likeness (QED) is 0.0911. The minimum Gasteiger partial charge on any atom is -0.872 e. The fraction of sp³-hybridized carbons (Fsp3) is 0.723. The van der Waals surface area contributed by atoms with Crippen molar-refractivity contribution in [3.63, 3.8) is 0 Å². The number of benzene rings is 4. The molecule has 108 heavy (non-hydrogen) atoms. The summed E-state index contributed by atoms with van der Waals surface area (Å²) in [6.45, 7) is 80.3. The van der Waals surface area contributed by atoms with Crippen molar-refractivity contribution >= 4 is 12.4 Å². The Morgan fingerprint density at radius 3 is 0.741 bits per heavy atom. The zero-order valence-corrected chi connectivity index (χ0v) is 81.2. The first-order valence-corrected chi connectivity index (χ1v) is 40.0. The van der Waals surface area contributed by atoms with Gasteiger partial charge in [0, 0.05) is 37.6 Å². The van der Waals surface area contributed by atoms with E-state index in [4.69, 9.17) is 9.98 Å². The Labute approximate surface area is 702 Å². The van der Waals surface area contributed by atoms with Crippen LogP contribution in [-0.4, -0.2) is 82.9 Å². The average Bonchev–Trinajstić information content (AvgIpc) is 0.804. The Hall–Kier alpha value is -3.05. The molecule has 0 unspecified atom stereocenters. The van der Waals surface area contributed by atoms with Crippen molar-refractivity contribution in [1.29, 1.82) is 0 Å². The Kier molecular flexibility index (Phi) is 45.2. The zero-order chi connectivity index (χ0) is 83.3. The van der Waals surface area contributed by atoms with Crippen LogP contribution in [-0.2, 0) is 109 Å². The predicted octanol–water partition coefficient (Wildman–Crippen LogP) is 18.2. The van der Waals surface area contributed by atoms with Crippen LogP contribution in [0.1, 0.15) is 394 Å². The van der Waals surface area contributed by atoms with Crippen LogP contribution < -0.4 is 40.9 Å². The van der Waals surface area contributed by atoms with Crippen LogP contribution in [0.3, 0.4) is 0 Å². The van der Waals surface area contributed by atoms with Crippen molar-refractivity contribution in [1.82, 2.24) is 9.80 Å². The van der Waals surface area contributed by atoms with Gasteiger partial charge in [0.2, 0.25) is 0 Å². The van der Waals surface area contributed by atoms with E-state index in [1.807, 2.05) is 12.1 Å². The topological polar surface area (TPSA) is 216 Å². The van der Waals surface area contributed by atoms with Gasteiger partial charge in [-0.25, -0.2) is 0 Å². The summed E-state index contributed by atoms with van der Waals surface area (Å²) in [5, 5.41) is 94.5. The van der Waals surface area contributed by atoms with Crippen molar-refractivity contribution in [3.05, 3.63) is 115 Å². The van der Waals surface area contributed by atoms with E-state index in [0.717, 1.165) is 96.1 Å². The number of nitrogens with zero attached hydrogens (tertiary/aromatic N) is 4. The predicted molar refractivity (Wildman–Crippen MR) is 443 cm³/mol. The minimum atomic E-state index is -0.750. The normalized spacial score (nSPS) is 16.1. The zero-order valence-electron chi connectivity index (χ0n) is 76.3. The first-order valence-electron chi connectivity index (χ1n) is 40.0. The van der Waals surface area contributed by atoms with Crippen molar-refractivity contribution < 1.29 is 93.3 Å². The van der Waals surface area contributed by atoms with Gasteiger partial charge in [-0.3, -0.25) is 19.8 Å². The molecule has 2 saturated heterocycles. The Balaban J connectivity index is -0.00000151. The van der Waals surface area contributed by atoms with Crippen molar-refractivity contribution in [2.24, 2.45) is 9.98 Å². The van der Waals surface area contributed by atoms with E-state index in [-0.39, 0.29) is 131 Å². The second-order valence-corrected chi connectivity index (χ2v) is 42.3. The van der Waals surface area contributed by atoms with Gasteiger partial charge in [-0.05, 0) is 149 Å². The van der Waals surface area contributed by atoms with Gasteiger partial charge in [-0.1, -0.05) is 362 Å². The van der Waals surface area contributed by atoms with Crippen molar-refractivity contribution in [2.75, 3.05) is 26.2 Å². The molecular weight excluding hydrogens is 1500 g/mol. The Bertz CT molecular complexity index is 3050. The van der Waals surface area contributed by atoms with Gasteiger partial charge in [0.1, 0.15) is 0 Å². The third kappa shape index (κ3) is 45.1. The average molecular weight is 1650 g/mol. The van der Waals surface area contributed by atoms with Crippen LogP contribution >= 0.6 is 0 Å². The monoisotopic (exact) mass is 1650 g/mol. The molecule has 12 nitrogen and oxygen atoms in total. The minimum absolute atomic E-state index is 0. The van der Waals surface area contributed by atoms with Crippen LogP contribution in [0.4, 0.5) is 0 Å².